The number of carbonyl (C=O) groups excluding carboxylic acids is 1. The van der Waals surface area contributed by atoms with Crippen molar-refractivity contribution in [3.63, 3.8) is 0 Å². The van der Waals surface area contributed by atoms with Crippen LogP contribution in [0.1, 0.15) is 28.5 Å². The van der Waals surface area contributed by atoms with Gasteiger partial charge < -0.3 is 5.32 Å². The number of aryl methyl sites for hydroxylation is 1. The zero-order valence-corrected chi connectivity index (χ0v) is 11.3. The molecule has 0 atom stereocenters. The van der Waals surface area contributed by atoms with Crippen LogP contribution in [0, 0.1) is 0 Å². The Morgan fingerprint density at radius 2 is 2.16 bits per heavy atom. The largest absolute Gasteiger partial charge is 0.319 e. The van der Waals surface area contributed by atoms with Crippen LogP contribution in [0.15, 0.2) is 30.5 Å². The van der Waals surface area contributed by atoms with E-state index in [0.717, 1.165) is 24.1 Å². The molecule has 0 aliphatic rings. The molecule has 0 saturated heterocycles. The van der Waals surface area contributed by atoms with Crippen LogP contribution in [0.25, 0.3) is 0 Å². The molecular weight excluding hydrogens is 240 g/mol. The minimum absolute atomic E-state index is 0.0152. The molecule has 0 amide bonds. The van der Waals surface area contributed by atoms with Gasteiger partial charge in [-0.05, 0) is 32.5 Å². The van der Waals surface area contributed by atoms with Gasteiger partial charge in [-0.15, -0.1) is 5.10 Å². The number of nitrogens with one attached hydrogen (secondary N) is 1. The fourth-order valence-electron chi connectivity index (χ4n) is 2.02. The molecule has 0 radical (unpaired) electrons. The summed E-state index contributed by atoms with van der Waals surface area (Å²) in [5.74, 6) is -0.0152. The van der Waals surface area contributed by atoms with Gasteiger partial charge in [0, 0.05) is 12.1 Å². The average molecular weight is 258 g/mol. The highest BCUT2D eigenvalue weighted by molar-refractivity contribution is 6.08. The molecule has 0 unspecified atom stereocenters. The number of hydrogen-bond donors (Lipinski definition) is 1. The number of likely N-dealkylation sites (N-methyl/N-ethyl adjacent to an activating group) is 1. The van der Waals surface area contributed by atoms with Crippen LogP contribution in [0.3, 0.4) is 0 Å². The predicted molar refractivity (Wildman–Crippen MR) is 73.2 cm³/mol. The first kappa shape index (κ1) is 13.4. The molecule has 0 aliphatic heterocycles. The topological polar surface area (TPSA) is 59.8 Å². The molecule has 0 bridgehead atoms. The van der Waals surface area contributed by atoms with E-state index in [1.165, 1.54) is 6.20 Å². The molecule has 0 aliphatic carbocycles. The summed E-state index contributed by atoms with van der Waals surface area (Å²) in [6.07, 6.45) is 2.35. The van der Waals surface area contributed by atoms with Gasteiger partial charge in [-0.1, -0.05) is 29.5 Å². The van der Waals surface area contributed by atoms with E-state index in [-0.39, 0.29) is 5.78 Å². The zero-order valence-electron chi connectivity index (χ0n) is 11.3. The second-order valence-electron chi connectivity index (χ2n) is 4.27. The SMILES string of the molecule is CCn1nncc1C(=O)c1ccccc1CCNC. The lowest BCUT2D eigenvalue weighted by Gasteiger charge is -2.08. The first-order chi connectivity index (χ1) is 9.27. The maximum atomic E-state index is 12.5. The van der Waals surface area contributed by atoms with Gasteiger partial charge in [0.25, 0.3) is 0 Å². The number of ketones is 1. The van der Waals surface area contributed by atoms with Crippen LogP contribution in [0.5, 0.6) is 0 Å². The van der Waals surface area contributed by atoms with E-state index in [2.05, 4.69) is 15.6 Å². The molecule has 0 fully saturated rings. The number of aromatic nitrogens is 3. The fourth-order valence-corrected chi connectivity index (χ4v) is 2.02. The smallest absolute Gasteiger partial charge is 0.212 e. The third kappa shape index (κ3) is 2.88. The van der Waals surface area contributed by atoms with Crippen molar-refractivity contribution in [2.75, 3.05) is 13.6 Å². The van der Waals surface area contributed by atoms with Crippen molar-refractivity contribution in [2.24, 2.45) is 0 Å². The summed E-state index contributed by atoms with van der Waals surface area (Å²) in [6.45, 7) is 3.42. The van der Waals surface area contributed by atoms with Crippen LogP contribution < -0.4 is 5.32 Å². The summed E-state index contributed by atoms with van der Waals surface area (Å²) in [5.41, 5.74) is 2.32. The Labute approximate surface area is 112 Å². The number of benzene rings is 1. The molecule has 19 heavy (non-hydrogen) atoms. The van der Waals surface area contributed by atoms with Crippen LogP contribution >= 0.6 is 0 Å². The maximum Gasteiger partial charge on any atom is 0.212 e. The molecule has 5 heteroatoms. The number of rotatable bonds is 6. The molecule has 1 heterocycles. The summed E-state index contributed by atoms with van der Waals surface area (Å²) in [6, 6.07) is 7.69. The predicted octanol–water partition coefficient (Wildman–Crippen LogP) is 1.29. The molecule has 1 N–H and O–H groups in total. The molecule has 1 aromatic heterocycles. The van der Waals surface area contributed by atoms with Crippen molar-refractivity contribution in [3.05, 3.63) is 47.3 Å². The number of hydrogen-bond acceptors (Lipinski definition) is 4. The monoisotopic (exact) mass is 258 g/mol. The Hall–Kier alpha value is -2.01. The van der Waals surface area contributed by atoms with Crippen molar-refractivity contribution in [3.8, 4) is 0 Å². The van der Waals surface area contributed by atoms with Gasteiger partial charge in [-0.2, -0.15) is 0 Å². The summed E-state index contributed by atoms with van der Waals surface area (Å²) in [7, 11) is 1.90. The minimum Gasteiger partial charge on any atom is -0.319 e. The van der Waals surface area contributed by atoms with E-state index in [0.29, 0.717) is 12.2 Å². The third-order valence-corrected chi connectivity index (χ3v) is 3.06. The lowest BCUT2D eigenvalue weighted by atomic mass is 9.99. The van der Waals surface area contributed by atoms with Gasteiger partial charge in [0.1, 0.15) is 5.69 Å². The lowest BCUT2D eigenvalue weighted by molar-refractivity contribution is 0.102. The van der Waals surface area contributed by atoms with Crippen LogP contribution in [0.4, 0.5) is 0 Å². The van der Waals surface area contributed by atoms with E-state index in [1.807, 2.05) is 38.2 Å². The minimum atomic E-state index is -0.0152. The molecule has 1 aromatic carbocycles. The lowest BCUT2D eigenvalue weighted by Crippen LogP contribution is -2.15. The van der Waals surface area contributed by atoms with Crippen LogP contribution in [-0.2, 0) is 13.0 Å². The maximum absolute atomic E-state index is 12.5. The summed E-state index contributed by atoms with van der Waals surface area (Å²) in [5, 5.41) is 10.8. The van der Waals surface area contributed by atoms with Crippen molar-refractivity contribution >= 4 is 5.78 Å². The molecule has 2 aromatic rings. The van der Waals surface area contributed by atoms with E-state index in [1.54, 1.807) is 4.68 Å². The van der Waals surface area contributed by atoms with Gasteiger partial charge in [0.2, 0.25) is 5.78 Å². The van der Waals surface area contributed by atoms with Gasteiger partial charge in [0.05, 0.1) is 6.20 Å². The number of carbonyl (C=O) groups is 1. The second-order valence-corrected chi connectivity index (χ2v) is 4.27. The van der Waals surface area contributed by atoms with Gasteiger partial charge >= 0.3 is 0 Å². The molecule has 2 rings (SSSR count). The van der Waals surface area contributed by atoms with Crippen LogP contribution in [0.2, 0.25) is 0 Å². The van der Waals surface area contributed by atoms with Crippen molar-refractivity contribution in [1.82, 2.24) is 20.3 Å². The highest BCUT2D eigenvalue weighted by Gasteiger charge is 2.17. The average Bonchev–Trinajstić information content (AvgIpc) is 2.93. The first-order valence-corrected chi connectivity index (χ1v) is 6.43. The number of nitrogens with zero attached hydrogens (tertiary/aromatic N) is 3. The standard InChI is InChI=1S/C14H18N4O/c1-3-18-13(10-16-17-18)14(19)12-7-5-4-6-11(12)8-9-15-2/h4-7,10,15H,3,8-9H2,1-2H3. The summed E-state index contributed by atoms with van der Waals surface area (Å²) < 4.78 is 1.62. The highest BCUT2D eigenvalue weighted by atomic mass is 16.1. The van der Waals surface area contributed by atoms with Crippen molar-refractivity contribution in [2.45, 2.75) is 19.9 Å². The first-order valence-electron chi connectivity index (χ1n) is 6.43. The highest BCUT2D eigenvalue weighted by Crippen LogP contribution is 2.14. The van der Waals surface area contributed by atoms with E-state index < -0.39 is 0 Å². The summed E-state index contributed by atoms with van der Waals surface area (Å²) in [4.78, 5) is 12.5. The third-order valence-electron chi connectivity index (χ3n) is 3.06. The molecule has 0 spiro atoms. The Kier molecular flexibility index (Phi) is 4.41. The van der Waals surface area contributed by atoms with Crippen molar-refractivity contribution < 1.29 is 4.79 Å². The second kappa shape index (κ2) is 6.24. The molecule has 100 valence electrons. The molecule has 0 saturated carbocycles. The Morgan fingerprint density at radius 1 is 1.37 bits per heavy atom. The Balaban J connectivity index is 2.33. The summed E-state index contributed by atoms with van der Waals surface area (Å²) >= 11 is 0. The molecular formula is C14H18N4O. The Bertz CT molecular complexity index is 562. The van der Waals surface area contributed by atoms with E-state index in [4.69, 9.17) is 0 Å². The van der Waals surface area contributed by atoms with E-state index in [9.17, 15) is 4.79 Å². The van der Waals surface area contributed by atoms with E-state index >= 15 is 0 Å². The normalized spacial score (nSPS) is 10.6. The van der Waals surface area contributed by atoms with Gasteiger partial charge in [0.15, 0.2) is 0 Å². The fraction of sp³-hybridized carbons (Fsp3) is 0.357. The van der Waals surface area contributed by atoms with Crippen molar-refractivity contribution in [1.29, 1.82) is 0 Å². The Morgan fingerprint density at radius 3 is 2.89 bits per heavy atom. The van der Waals surface area contributed by atoms with Gasteiger partial charge in [-0.3, -0.25) is 4.79 Å². The van der Waals surface area contributed by atoms with Crippen LogP contribution in [-0.4, -0.2) is 34.4 Å². The zero-order chi connectivity index (χ0) is 13.7. The van der Waals surface area contributed by atoms with Gasteiger partial charge in [-0.25, -0.2) is 4.68 Å². The quantitative estimate of drug-likeness (QED) is 0.793. The molecule has 5 nitrogen and oxygen atoms in total.